The van der Waals surface area contributed by atoms with E-state index in [9.17, 15) is 22.8 Å². The van der Waals surface area contributed by atoms with Gasteiger partial charge in [-0.2, -0.15) is 0 Å². The highest BCUT2D eigenvalue weighted by molar-refractivity contribution is 5.95. The Labute approximate surface area is 159 Å². The predicted molar refractivity (Wildman–Crippen MR) is 94.5 cm³/mol. The summed E-state index contributed by atoms with van der Waals surface area (Å²) in [6, 6.07) is 6.00. The lowest BCUT2D eigenvalue weighted by molar-refractivity contribution is -0.274. The molecule has 0 aliphatic rings. The molecule has 0 bridgehead atoms. The number of aromatic nitrogens is 2. The maximum Gasteiger partial charge on any atom is 0.573 e. The summed E-state index contributed by atoms with van der Waals surface area (Å²) in [5.41, 5.74) is 0.418. The second-order valence-corrected chi connectivity index (χ2v) is 6.25. The van der Waals surface area contributed by atoms with Gasteiger partial charge in [-0.1, -0.05) is 26.0 Å². The quantitative estimate of drug-likeness (QED) is 0.780. The fourth-order valence-electron chi connectivity index (χ4n) is 2.16. The topological polar surface area (TPSA) is 93.2 Å². The van der Waals surface area contributed by atoms with Gasteiger partial charge in [-0.25, -0.2) is 9.97 Å². The Morgan fingerprint density at radius 1 is 1.11 bits per heavy atom. The van der Waals surface area contributed by atoms with Crippen LogP contribution in [-0.2, 0) is 4.79 Å². The van der Waals surface area contributed by atoms with E-state index in [1.54, 1.807) is 26.8 Å². The summed E-state index contributed by atoms with van der Waals surface area (Å²) >= 11 is 0. The fraction of sp³-hybridized carbons (Fsp3) is 0.333. The molecule has 2 N–H and O–H groups in total. The van der Waals surface area contributed by atoms with Crippen LogP contribution < -0.4 is 15.4 Å². The molecule has 0 saturated heterocycles. The van der Waals surface area contributed by atoms with Gasteiger partial charge in [-0.05, 0) is 24.6 Å². The molecule has 1 aromatic heterocycles. The van der Waals surface area contributed by atoms with Gasteiger partial charge in [0.25, 0.3) is 5.91 Å². The molecule has 0 fully saturated rings. The molecule has 0 radical (unpaired) electrons. The van der Waals surface area contributed by atoms with Crippen LogP contribution in [0.5, 0.6) is 5.75 Å². The minimum Gasteiger partial charge on any atom is -0.406 e. The van der Waals surface area contributed by atoms with E-state index in [2.05, 4.69) is 25.3 Å². The van der Waals surface area contributed by atoms with Gasteiger partial charge < -0.3 is 15.4 Å². The average molecular weight is 396 g/mol. The predicted octanol–water partition coefficient (Wildman–Crippen LogP) is 3.46. The minimum atomic E-state index is -4.80. The van der Waals surface area contributed by atoms with Crippen LogP contribution in [0.2, 0.25) is 0 Å². The van der Waals surface area contributed by atoms with Crippen molar-refractivity contribution in [3.8, 4) is 5.75 Å². The Morgan fingerprint density at radius 3 is 2.46 bits per heavy atom. The molecule has 10 heteroatoms. The SMILES string of the molecule is CC(C)C(=O)Nc1cc(C(=O)NC(C)c2cccc(OC(F)(F)F)c2)ncn1. The Bertz CT molecular complexity index is 856. The number of benzene rings is 1. The van der Waals surface area contributed by atoms with E-state index in [0.717, 1.165) is 6.33 Å². The van der Waals surface area contributed by atoms with Crippen LogP contribution in [0, 0.1) is 5.92 Å². The molecule has 0 saturated carbocycles. The van der Waals surface area contributed by atoms with E-state index < -0.39 is 18.3 Å². The lowest BCUT2D eigenvalue weighted by atomic mass is 10.1. The lowest BCUT2D eigenvalue weighted by Gasteiger charge is -2.16. The van der Waals surface area contributed by atoms with E-state index in [0.29, 0.717) is 5.56 Å². The van der Waals surface area contributed by atoms with Crippen molar-refractivity contribution in [2.75, 3.05) is 5.32 Å². The molecule has 2 amide bonds. The second-order valence-electron chi connectivity index (χ2n) is 6.25. The average Bonchev–Trinajstić information content (AvgIpc) is 2.60. The zero-order chi connectivity index (χ0) is 20.9. The lowest BCUT2D eigenvalue weighted by Crippen LogP contribution is -2.28. The Kier molecular flexibility index (Phi) is 6.55. The summed E-state index contributed by atoms with van der Waals surface area (Å²) in [4.78, 5) is 31.8. The van der Waals surface area contributed by atoms with Gasteiger partial charge in [0.2, 0.25) is 5.91 Å². The smallest absolute Gasteiger partial charge is 0.406 e. The highest BCUT2D eigenvalue weighted by Gasteiger charge is 2.31. The zero-order valence-corrected chi connectivity index (χ0v) is 15.4. The van der Waals surface area contributed by atoms with Crippen molar-refractivity contribution in [3.05, 3.63) is 47.9 Å². The van der Waals surface area contributed by atoms with Gasteiger partial charge >= 0.3 is 6.36 Å². The van der Waals surface area contributed by atoms with Crippen LogP contribution >= 0.6 is 0 Å². The fourth-order valence-corrected chi connectivity index (χ4v) is 2.16. The van der Waals surface area contributed by atoms with Crippen LogP contribution in [0.3, 0.4) is 0 Å². The zero-order valence-electron chi connectivity index (χ0n) is 15.4. The van der Waals surface area contributed by atoms with Crippen LogP contribution in [0.4, 0.5) is 19.0 Å². The summed E-state index contributed by atoms with van der Waals surface area (Å²) in [6.07, 6.45) is -3.67. The molecule has 1 aromatic carbocycles. The van der Waals surface area contributed by atoms with E-state index in [-0.39, 0.29) is 29.1 Å². The summed E-state index contributed by atoms with van der Waals surface area (Å²) in [5.74, 6) is -1.31. The van der Waals surface area contributed by atoms with Crippen molar-refractivity contribution >= 4 is 17.6 Å². The van der Waals surface area contributed by atoms with Gasteiger partial charge in [0.05, 0.1) is 6.04 Å². The number of carbonyl (C=O) groups is 2. The molecule has 0 aliphatic carbocycles. The maximum absolute atomic E-state index is 12.4. The van der Waals surface area contributed by atoms with Crippen LogP contribution in [0.1, 0.15) is 42.9 Å². The molecular formula is C18H19F3N4O3. The number of ether oxygens (including phenoxy) is 1. The first-order chi connectivity index (χ1) is 13.0. The summed E-state index contributed by atoms with van der Waals surface area (Å²) in [5, 5.41) is 5.18. The molecule has 1 unspecified atom stereocenters. The Balaban J connectivity index is 2.08. The molecule has 150 valence electrons. The Hall–Kier alpha value is -3.17. The number of rotatable bonds is 6. The van der Waals surface area contributed by atoms with Gasteiger partial charge in [-0.15, -0.1) is 13.2 Å². The van der Waals surface area contributed by atoms with Crippen molar-refractivity contribution in [1.29, 1.82) is 0 Å². The van der Waals surface area contributed by atoms with Gasteiger partial charge in [0.15, 0.2) is 0 Å². The molecular weight excluding hydrogens is 377 g/mol. The summed E-state index contributed by atoms with van der Waals surface area (Å²) in [7, 11) is 0. The highest BCUT2D eigenvalue weighted by atomic mass is 19.4. The number of alkyl halides is 3. The maximum atomic E-state index is 12.4. The monoisotopic (exact) mass is 396 g/mol. The van der Waals surface area contributed by atoms with Gasteiger partial charge in [0.1, 0.15) is 23.6 Å². The van der Waals surface area contributed by atoms with E-state index in [4.69, 9.17) is 0 Å². The molecule has 1 atom stereocenters. The Morgan fingerprint density at radius 2 is 1.82 bits per heavy atom. The first-order valence-corrected chi connectivity index (χ1v) is 8.34. The highest BCUT2D eigenvalue weighted by Crippen LogP contribution is 2.25. The first kappa shape index (κ1) is 21.1. The number of carbonyl (C=O) groups excluding carboxylic acids is 2. The third-order valence-electron chi connectivity index (χ3n) is 3.61. The number of anilines is 1. The standard InChI is InChI=1S/C18H19F3N4O3/c1-10(2)16(26)25-15-8-14(22-9-23-15)17(27)24-11(3)12-5-4-6-13(7-12)28-18(19,20)21/h4-11H,1-3H3,(H,24,27)(H,22,23,25,26). The van der Waals surface area contributed by atoms with E-state index in [1.807, 2.05) is 0 Å². The van der Waals surface area contributed by atoms with Crippen molar-refractivity contribution in [2.24, 2.45) is 5.92 Å². The molecule has 28 heavy (non-hydrogen) atoms. The number of amides is 2. The van der Waals surface area contributed by atoms with Crippen molar-refractivity contribution in [3.63, 3.8) is 0 Å². The number of hydrogen-bond donors (Lipinski definition) is 2. The normalized spacial score (nSPS) is 12.4. The van der Waals surface area contributed by atoms with E-state index >= 15 is 0 Å². The third kappa shape index (κ3) is 6.22. The first-order valence-electron chi connectivity index (χ1n) is 8.34. The number of halogens is 3. The third-order valence-corrected chi connectivity index (χ3v) is 3.61. The van der Waals surface area contributed by atoms with Crippen molar-refractivity contribution < 1.29 is 27.5 Å². The largest absolute Gasteiger partial charge is 0.573 e. The molecule has 0 spiro atoms. The van der Waals surface area contributed by atoms with E-state index in [1.165, 1.54) is 24.3 Å². The summed E-state index contributed by atoms with van der Waals surface area (Å²) in [6.45, 7) is 5.03. The molecule has 2 rings (SSSR count). The van der Waals surface area contributed by atoms with Crippen molar-refractivity contribution in [1.82, 2.24) is 15.3 Å². The molecule has 0 aliphatic heterocycles. The van der Waals surface area contributed by atoms with Crippen LogP contribution in [0.15, 0.2) is 36.7 Å². The number of nitrogens with zero attached hydrogens (tertiary/aromatic N) is 2. The minimum absolute atomic E-state index is 0.00334. The second kappa shape index (κ2) is 8.68. The van der Waals surface area contributed by atoms with Gasteiger partial charge in [0, 0.05) is 12.0 Å². The summed E-state index contributed by atoms with van der Waals surface area (Å²) < 4.78 is 40.9. The molecule has 2 aromatic rings. The van der Waals surface area contributed by atoms with Crippen molar-refractivity contribution in [2.45, 2.75) is 33.2 Å². The molecule has 1 heterocycles. The van der Waals surface area contributed by atoms with Crippen LogP contribution in [-0.4, -0.2) is 28.1 Å². The number of nitrogens with one attached hydrogen (secondary N) is 2. The van der Waals surface area contributed by atoms with Gasteiger partial charge in [-0.3, -0.25) is 9.59 Å². The number of hydrogen-bond acceptors (Lipinski definition) is 5. The van der Waals surface area contributed by atoms with Crippen LogP contribution in [0.25, 0.3) is 0 Å². The molecule has 7 nitrogen and oxygen atoms in total.